The Hall–Kier alpha value is -2.45. The Bertz CT molecular complexity index is 1220. The van der Waals surface area contributed by atoms with Gasteiger partial charge in [-0.1, -0.05) is 65.8 Å². The van der Waals surface area contributed by atoms with Crippen LogP contribution in [0.15, 0.2) is 24.3 Å². The minimum atomic E-state index is -0.918. The van der Waals surface area contributed by atoms with Crippen molar-refractivity contribution < 1.29 is 29.0 Å². The van der Waals surface area contributed by atoms with Crippen molar-refractivity contribution >= 4 is 35.4 Å². The van der Waals surface area contributed by atoms with Gasteiger partial charge in [0.1, 0.15) is 12.1 Å². The second-order valence-electron chi connectivity index (χ2n) is 16.2. The summed E-state index contributed by atoms with van der Waals surface area (Å²) in [6.45, 7) is 18.9. The number of thioether (sulfide) groups is 1. The molecule has 0 aromatic rings. The zero-order valence-corrected chi connectivity index (χ0v) is 37.4. The summed E-state index contributed by atoms with van der Waals surface area (Å²) in [4.78, 5) is 60.0. The van der Waals surface area contributed by atoms with Crippen LogP contribution in [-0.4, -0.2) is 151 Å². The van der Waals surface area contributed by atoms with Gasteiger partial charge in [0.25, 0.3) is 0 Å². The highest BCUT2D eigenvalue weighted by molar-refractivity contribution is 7.98. The van der Waals surface area contributed by atoms with E-state index >= 15 is 0 Å². The zero-order valence-electron chi connectivity index (χ0n) is 36.5. The number of hydrogen-bond donors (Lipinski definition) is 3. The number of carbonyl (C=O) groups excluding carboxylic acids is 4. The van der Waals surface area contributed by atoms with Gasteiger partial charge in [-0.05, 0) is 109 Å². The van der Waals surface area contributed by atoms with E-state index in [0.29, 0.717) is 25.4 Å². The number of ether oxygens (including phenoxy) is 1. The molecule has 0 aromatic heterocycles. The monoisotopic (exact) mass is 795 g/mol. The summed E-state index contributed by atoms with van der Waals surface area (Å²) in [6, 6.07) is -2.08. The maximum absolute atomic E-state index is 13.5. The fourth-order valence-corrected chi connectivity index (χ4v) is 7.94. The topological polar surface area (TPSA) is 135 Å². The van der Waals surface area contributed by atoms with Gasteiger partial charge in [0, 0.05) is 27.2 Å². The quantitative estimate of drug-likeness (QED) is 0.180. The van der Waals surface area contributed by atoms with E-state index in [1.54, 1.807) is 30.8 Å². The van der Waals surface area contributed by atoms with Gasteiger partial charge in [0.05, 0.1) is 30.2 Å². The lowest BCUT2D eigenvalue weighted by atomic mass is 9.91. The molecule has 2 saturated heterocycles. The zero-order chi connectivity index (χ0) is 41.8. The predicted octanol–water partition coefficient (Wildman–Crippen LogP) is 4.63. The summed E-state index contributed by atoms with van der Waals surface area (Å²) in [5, 5.41) is 16.8. The molecule has 55 heavy (non-hydrogen) atoms. The summed E-state index contributed by atoms with van der Waals surface area (Å²) in [7, 11) is 7.36. The third-order valence-electron chi connectivity index (χ3n) is 10.9. The number of allylic oxidation sites excluding steroid dienone is 4. The van der Waals surface area contributed by atoms with E-state index in [1.807, 2.05) is 73.2 Å². The van der Waals surface area contributed by atoms with Crippen LogP contribution in [-0.2, 0) is 23.9 Å². The van der Waals surface area contributed by atoms with Crippen LogP contribution in [0.5, 0.6) is 0 Å². The molecule has 0 aromatic carbocycles. The molecule has 0 bridgehead atoms. The molecule has 2 aliphatic rings. The van der Waals surface area contributed by atoms with Crippen molar-refractivity contribution in [2.45, 2.75) is 130 Å². The van der Waals surface area contributed by atoms with Crippen LogP contribution in [0.2, 0.25) is 0 Å². The molecule has 0 saturated carbocycles. The number of nitrogens with zero attached hydrogens (tertiary/aromatic N) is 4. The van der Waals surface area contributed by atoms with Gasteiger partial charge >= 0.3 is 0 Å². The van der Waals surface area contributed by atoms with Crippen LogP contribution >= 0.6 is 11.8 Å². The molecule has 3 N–H and O–H groups in total. The van der Waals surface area contributed by atoms with Gasteiger partial charge in [-0.15, -0.1) is 11.8 Å². The number of carbonyl (C=O) groups is 4. The van der Waals surface area contributed by atoms with Crippen molar-refractivity contribution in [3.8, 4) is 0 Å². The fourth-order valence-electron chi connectivity index (χ4n) is 7.64. The minimum Gasteiger partial charge on any atom is -0.390 e. The molecule has 4 amide bonds. The first-order valence-corrected chi connectivity index (χ1v) is 21.9. The number of nitrogens with one attached hydrogen (secondary N) is 2. The summed E-state index contributed by atoms with van der Waals surface area (Å²) < 4.78 is 6.16. The first-order chi connectivity index (χ1) is 26.0. The lowest BCUT2D eigenvalue weighted by molar-refractivity contribution is -0.150. The van der Waals surface area contributed by atoms with Crippen molar-refractivity contribution in [2.75, 3.05) is 66.6 Å². The molecule has 0 aliphatic carbocycles. The number of aliphatic hydroxyl groups excluding tert-OH is 1. The third kappa shape index (κ3) is 15.8. The Morgan fingerprint density at radius 3 is 1.53 bits per heavy atom. The molecule has 8 atom stereocenters. The molecule has 2 aliphatic heterocycles. The van der Waals surface area contributed by atoms with E-state index < -0.39 is 18.2 Å². The maximum Gasteiger partial charge on any atom is 0.245 e. The predicted molar refractivity (Wildman–Crippen MR) is 227 cm³/mol. The van der Waals surface area contributed by atoms with E-state index in [0.717, 1.165) is 45.2 Å². The molecule has 13 heteroatoms. The van der Waals surface area contributed by atoms with Crippen molar-refractivity contribution in [3.63, 3.8) is 0 Å². The molecule has 2 heterocycles. The molecule has 2 rings (SSSR count). The van der Waals surface area contributed by atoms with E-state index in [9.17, 15) is 24.3 Å². The molecule has 8 unspecified atom stereocenters. The van der Waals surface area contributed by atoms with Gasteiger partial charge in [-0.2, -0.15) is 0 Å². The van der Waals surface area contributed by atoms with E-state index in [-0.39, 0.29) is 65.5 Å². The minimum absolute atomic E-state index is 0.0134. The molecule has 0 radical (unpaired) electrons. The normalized spacial score (nSPS) is 25.9. The van der Waals surface area contributed by atoms with E-state index in [1.165, 1.54) is 4.90 Å². The molecule has 12 nitrogen and oxygen atoms in total. The summed E-state index contributed by atoms with van der Waals surface area (Å²) in [5.74, 6) is 0.232. The Balaban J connectivity index is 0.000000553. The highest BCUT2D eigenvalue weighted by Gasteiger charge is 2.42. The van der Waals surface area contributed by atoms with Gasteiger partial charge < -0.3 is 30.3 Å². The Morgan fingerprint density at radius 1 is 0.691 bits per heavy atom. The number of hydrogen-bond acceptors (Lipinski definition) is 9. The summed E-state index contributed by atoms with van der Waals surface area (Å²) in [5.41, 5.74) is 0. The second kappa shape index (κ2) is 26.5. The summed E-state index contributed by atoms with van der Waals surface area (Å²) in [6.07, 6.45) is 13.8. The molecular weight excluding hydrogens is 717 g/mol. The smallest absolute Gasteiger partial charge is 0.245 e. The average molecular weight is 795 g/mol. The Labute approximate surface area is 338 Å². The first-order valence-electron chi connectivity index (χ1n) is 20.5. The van der Waals surface area contributed by atoms with Gasteiger partial charge in [0.15, 0.2) is 0 Å². The standard InChI is InChI=1S/C22H41N3O3S.C20H37N3O3/c1-8-9-12-17(4)20(28-15-29-7)19-21(26)23-13-10-11-14-24(5)18(16(2)3)22(27)25(19)6;1-7-8-11-15(4)18(24)17-19(25)21-12-9-10-13-22(5)16(14(2)3)20(26)23(17)6/h8-9,16-20H,10-15H2,1-7H3,(H,23,26);7-8,14-18,24H,9-13H2,1-6H3,(H,21,25)/b9-8+;8-7+. The number of amides is 4. The maximum atomic E-state index is 13.5. The first kappa shape index (κ1) is 50.6. The molecule has 2 fully saturated rings. The van der Waals surface area contributed by atoms with Gasteiger partial charge in [-0.25, -0.2) is 0 Å². The van der Waals surface area contributed by atoms with Crippen molar-refractivity contribution in [3.05, 3.63) is 24.3 Å². The van der Waals surface area contributed by atoms with Crippen molar-refractivity contribution in [1.29, 1.82) is 0 Å². The summed E-state index contributed by atoms with van der Waals surface area (Å²) >= 11 is 1.58. The lowest BCUT2D eigenvalue weighted by Crippen LogP contribution is -2.60. The van der Waals surface area contributed by atoms with Gasteiger partial charge in [0.2, 0.25) is 23.6 Å². The second-order valence-corrected chi connectivity index (χ2v) is 17.0. The average Bonchev–Trinajstić information content (AvgIpc) is 3.15. The van der Waals surface area contributed by atoms with Crippen LogP contribution in [0, 0.1) is 23.7 Å². The van der Waals surface area contributed by atoms with Crippen LogP contribution in [0.3, 0.4) is 0 Å². The highest BCUT2D eigenvalue weighted by Crippen LogP contribution is 2.25. The molecule has 318 valence electrons. The lowest BCUT2D eigenvalue weighted by Gasteiger charge is -2.39. The van der Waals surface area contributed by atoms with E-state index in [2.05, 4.69) is 47.3 Å². The van der Waals surface area contributed by atoms with E-state index in [4.69, 9.17) is 4.74 Å². The van der Waals surface area contributed by atoms with Crippen LogP contribution in [0.1, 0.15) is 93.9 Å². The molecule has 0 spiro atoms. The molecular formula is C42H78N6O6S. The van der Waals surface area contributed by atoms with Crippen LogP contribution in [0.25, 0.3) is 0 Å². The fraction of sp³-hybridized carbons (Fsp3) is 0.810. The van der Waals surface area contributed by atoms with Crippen LogP contribution in [0.4, 0.5) is 0 Å². The highest BCUT2D eigenvalue weighted by atomic mass is 32.2. The third-order valence-corrected chi connectivity index (χ3v) is 11.3. The number of rotatable bonds is 13. The number of likely N-dealkylation sites (N-methyl/N-ethyl adjacent to an activating group) is 4. The Morgan fingerprint density at radius 2 is 1.11 bits per heavy atom. The SMILES string of the molecule is C/C=C/CC(C)C(O)C1C(=O)NCCCCN(C)C(C(C)C)C(=O)N1C.C/C=C/CC(C)C(OCSC)C1C(=O)NCCCCN(C)C(C(C)C)C(=O)N1C. The Kier molecular flexibility index (Phi) is 24.3. The van der Waals surface area contributed by atoms with Gasteiger partial charge in [-0.3, -0.25) is 29.0 Å². The van der Waals surface area contributed by atoms with Crippen molar-refractivity contribution in [1.82, 2.24) is 30.2 Å². The van der Waals surface area contributed by atoms with Crippen LogP contribution < -0.4 is 10.6 Å². The largest absolute Gasteiger partial charge is 0.390 e. The number of aliphatic hydroxyl groups is 1. The van der Waals surface area contributed by atoms with Crippen molar-refractivity contribution in [2.24, 2.45) is 23.7 Å².